The molecular formula is C13H23BrN2O. The molecule has 0 radical (unpaired) electrons. The summed E-state index contributed by atoms with van der Waals surface area (Å²) in [5.41, 5.74) is 5.92. The van der Waals surface area contributed by atoms with Crippen LogP contribution in [0.25, 0.3) is 0 Å². The summed E-state index contributed by atoms with van der Waals surface area (Å²) in [6.07, 6.45) is 1.70. The average molecular weight is 303 g/mol. The predicted molar refractivity (Wildman–Crippen MR) is 74.9 cm³/mol. The van der Waals surface area contributed by atoms with Gasteiger partial charge < -0.3 is 10.2 Å². The first-order chi connectivity index (χ1) is 7.97. The van der Waals surface area contributed by atoms with Crippen molar-refractivity contribution in [2.75, 3.05) is 13.1 Å². The Kier molecular flexibility index (Phi) is 5.70. The molecule has 4 heteroatoms. The molecule has 0 spiro atoms. The zero-order chi connectivity index (χ0) is 13.0. The Balaban J connectivity index is 2.93. The van der Waals surface area contributed by atoms with Gasteiger partial charge in [-0.1, -0.05) is 13.8 Å². The largest absolute Gasteiger partial charge is 0.466 e. The van der Waals surface area contributed by atoms with Crippen LogP contribution in [0.2, 0.25) is 0 Å². The second-order valence-electron chi connectivity index (χ2n) is 5.07. The van der Waals surface area contributed by atoms with E-state index in [0.717, 1.165) is 16.8 Å². The molecule has 1 rings (SSSR count). The lowest BCUT2D eigenvalue weighted by molar-refractivity contribution is 0.122. The molecule has 0 aliphatic rings. The van der Waals surface area contributed by atoms with Gasteiger partial charge in [-0.15, -0.1) is 0 Å². The number of furan rings is 1. The molecule has 0 saturated carbocycles. The van der Waals surface area contributed by atoms with E-state index in [4.69, 9.17) is 10.2 Å². The van der Waals surface area contributed by atoms with Crippen molar-refractivity contribution in [2.24, 2.45) is 11.7 Å². The topological polar surface area (TPSA) is 42.4 Å². The van der Waals surface area contributed by atoms with E-state index in [0.29, 0.717) is 18.5 Å². The lowest BCUT2D eigenvalue weighted by Crippen LogP contribution is -2.40. The van der Waals surface area contributed by atoms with Crippen LogP contribution in [0.4, 0.5) is 0 Å². The fourth-order valence-electron chi connectivity index (χ4n) is 2.06. The molecule has 1 atom stereocenters. The van der Waals surface area contributed by atoms with Crippen LogP contribution in [0.1, 0.15) is 39.5 Å². The normalized spacial score (nSPS) is 13.9. The fourth-order valence-corrected chi connectivity index (χ4v) is 2.52. The van der Waals surface area contributed by atoms with Gasteiger partial charge in [-0.2, -0.15) is 0 Å². The van der Waals surface area contributed by atoms with Crippen LogP contribution >= 0.6 is 15.9 Å². The first-order valence-electron chi connectivity index (χ1n) is 6.16. The van der Waals surface area contributed by atoms with Crippen LogP contribution in [0.5, 0.6) is 0 Å². The number of nitrogens with two attached hydrogens (primary N) is 1. The van der Waals surface area contributed by atoms with Crippen molar-refractivity contribution in [3.8, 4) is 0 Å². The standard InChI is InChI=1S/C13H23BrN2O/c1-9(2)8-16(10(3)4)12(7-15)13-11(14)5-6-17-13/h5-6,9-10,12H,7-8,15H2,1-4H3. The van der Waals surface area contributed by atoms with Gasteiger partial charge in [0, 0.05) is 19.1 Å². The summed E-state index contributed by atoms with van der Waals surface area (Å²) in [6, 6.07) is 2.51. The van der Waals surface area contributed by atoms with E-state index in [9.17, 15) is 0 Å². The fraction of sp³-hybridized carbons (Fsp3) is 0.692. The molecule has 0 aliphatic carbocycles. The monoisotopic (exact) mass is 302 g/mol. The average Bonchev–Trinajstić information content (AvgIpc) is 2.64. The highest BCUT2D eigenvalue weighted by atomic mass is 79.9. The summed E-state index contributed by atoms with van der Waals surface area (Å²) in [5.74, 6) is 1.54. The molecule has 2 N–H and O–H groups in total. The number of nitrogens with zero attached hydrogens (tertiary/aromatic N) is 1. The molecule has 0 amide bonds. The van der Waals surface area contributed by atoms with Crippen LogP contribution in [0.15, 0.2) is 21.2 Å². The second kappa shape index (κ2) is 6.57. The number of hydrogen-bond acceptors (Lipinski definition) is 3. The van der Waals surface area contributed by atoms with E-state index in [1.54, 1.807) is 6.26 Å². The highest BCUT2D eigenvalue weighted by Crippen LogP contribution is 2.30. The van der Waals surface area contributed by atoms with E-state index < -0.39 is 0 Å². The lowest BCUT2D eigenvalue weighted by Gasteiger charge is -2.34. The summed E-state index contributed by atoms with van der Waals surface area (Å²) >= 11 is 3.52. The van der Waals surface area contributed by atoms with Crippen molar-refractivity contribution in [2.45, 2.75) is 39.8 Å². The quantitative estimate of drug-likeness (QED) is 0.875. The molecule has 3 nitrogen and oxygen atoms in total. The van der Waals surface area contributed by atoms with Gasteiger partial charge in [0.25, 0.3) is 0 Å². The highest BCUT2D eigenvalue weighted by Gasteiger charge is 2.26. The van der Waals surface area contributed by atoms with Crippen molar-refractivity contribution >= 4 is 15.9 Å². The van der Waals surface area contributed by atoms with Gasteiger partial charge in [0.2, 0.25) is 0 Å². The Labute approximate surface area is 112 Å². The minimum absolute atomic E-state index is 0.141. The van der Waals surface area contributed by atoms with Crippen LogP contribution in [-0.2, 0) is 0 Å². The maximum atomic E-state index is 5.92. The Morgan fingerprint density at radius 3 is 2.35 bits per heavy atom. The molecule has 1 aromatic rings. The first kappa shape index (κ1) is 14.7. The zero-order valence-corrected chi connectivity index (χ0v) is 12.7. The summed E-state index contributed by atoms with van der Waals surface area (Å²) < 4.78 is 6.56. The van der Waals surface area contributed by atoms with Gasteiger partial charge in [-0.05, 0) is 41.8 Å². The molecule has 98 valence electrons. The van der Waals surface area contributed by atoms with Crippen LogP contribution in [-0.4, -0.2) is 24.0 Å². The third kappa shape index (κ3) is 3.83. The molecule has 0 aromatic carbocycles. The molecule has 0 fully saturated rings. The minimum Gasteiger partial charge on any atom is -0.466 e. The smallest absolute Gasteiger partial charge is 0.136 e. The number of hydrogen-bond donors (Lipinski definition) is 1. The summed E-state index contributed by atoms with van der Waals surface area (Å²) in [4.78, 5) is 2.40. The van der Waals surface area contributed by atoms with E-state index >= 15 is 0 Å². The summed E-state index contributed by atoms with van der Waals surface area (Å²) in [5, 5.41) is 0. The maximum absolute atomic E-state index is 5.92. The van der Waals surface area contributed by atoms with Gasteiger partial charge in [0.15, 0.2) is 0 Å². The Morgan fingerprint density at radius 2 is 2.00 bits per heavy atom. The van der Waals surface area contributed by atoms with E-state index in [1.807, 2.05) is 6.07 Å². The van der Waals surface area contributed by atoms with Crippen LogP contribution in [0, 0.1) is 5.92 Å². The third-order valence-electron chi connectivity index (χ3n) is 2.81. The summed E-state index contributed by atoms with van der Waals surface area (Å²) in [6.45, 7) is 10.4. The SMILES string of the molecule is CC(C)CN(C(C)C)C(CN)c1occc1Br. The predicted octanol–water partition coefficient (Wildman–Crippen LogP) is 3.41. The van der Waals surface area contributed by atoms with Gasteiger partial charge in [0.05, 0.1) is 16.8 Å². The molecule has 1 aromatic heterocycles. The molecule has 1 unspecified atom stereocenters. The highest BCUT2D eigenvalue weighted by molar-refractivity contribution is 9.10. The number of halogens is 1. The number of rotatable bonds is 6. The van der Waals surface area contributed by atoms with E-state index in [-0.39, 0.29) is 6.04 Å². The maximum Gasteiger partial charge on any atom is 0.136 e. The van der Waals surface area contributed by atoms with Crippen LogP contribution < -0.4 is 5.73 Å². The molecule has 0 bridgehead atoms. The van der Waals surface area contributed by atoms with Crippen LogP contribution in [0.3, 0.4) is 0 Å². The van der Waals surface area contributed by atoms with Crippen molar-refractivity contribution in [3.05, 3.63) is 22.6 Å². The minimum atomic E-state index is 0.141. The van der Waals surface area contributed by atoms with Gasteiger partial charge >= 0.3 is 0 Å². The van der Waals surface area contributed by atoms with Gasteiger partial charge in [-0.3, -0.25) is 4.90 Å². The van der Waals surface area contributed by atoms with E-state index in [1.165, 1.54) is 0 Å². The Hall–Kier alpha value is -0.320. The van der Waals surface area contributed by atoms with Crippen molar-refractivity contribution in [3.63, 3.8) is 0 Å². The molecule has 0 aliphatic heterocycles. The van der Waals surface area contributed by atoms with Crippen molar-refractivity contribution in [1.29, 1.82) is 0 Å². The first-order valence-corrected chi connectivity index (χ1v) is 6.95. The molecule has 1 heterocycles. The Morgan fingerprint density at radius 1 is 1.35 bits per heavy atom. The van der Waals surface area contributed by atoms with Crippen molar-refractivity contribution < 1.29 is 4.42 Å². The second-order valence-corrected chi connectivity index (χ2v) is 5.92. The van der Waals surface area contributed by atoms with Crippen molar-refractivity contribution in [1.82, 2.24) is 4.90 Å². The Bertz CT molecular complexity index is 336. The van der Waals surface area contributed by atoms with Gasteiger partial charge in [0.1, 0.15) is 5.76 Å². The molecule has 17 heavy (non-hydrogen) atoms. The van der Waals surface area contributed by atoms with E-state index in [2.05, 4.69) is 48.5 Å². The van der Waals surface area contributed by atoms with Gasteiger partial charge in [-0.25, -0.2) is 0 Å². The zero-order valence-electron chi connectivity index (χ0n) is 11.1. The lowest BCUT2D eigenvalue weighted by atomic mass is 10.1. The molecular weight excluding hydrogens is 280 g/mol. The molecule has 0 saturated heterocycles. The summed E-state index contributed by atoms with van der Waals surface area (Å²) in [7, 11) is 0. The third-order valence-corrected chi connectivity index (χ3v) is 3.47.